The average Bonchev–Trinajstić information content (AvgIpc) is 2.38. The number of hydrogen-bond acceptors (Lipinski definition) is 1. The second-order valence-electron chi connectivity index (χ2n) is 5.01. The van der Waals surface area contributed by atoms with Crippen molar-refractivity contribution in [3.8, 4) is 0 Å². The van der Waals surface area contributed by atoms with E-state index in [0.717, 1.165) is 15.6 Å². The maximum atomic E-state index is 5.77. The first kappa shape index (κ1) is 17.2. The first-order valence-corrected chi connectivity index (χ1v) is 8.76. The lowest BCUT2D eigenvalue weighted by Gasteiger charge is -2.09. The van der Waals surface area contributed by atoms with Crippen molar-refractivity contribution in [2.45, 2.75) is 59.0 Å². The minimum atomic E-state index is 0.715. The smallest absolute Gasteiger partial charge is 0.0719 e. The Morgan fingerprint density at radius 3 is 2.32 bits per heavy atom. The predicted octanol–water partition coefficient (Wildman–Crippen LogP) is 6.40. The van der Waals surface area contributed by atoms with Crippen molar-refractivity contribution in [3.63, 3.8) is 0 Å². The molecule has 108 valence electrons. The fourth-order valence-corrected chi connectivity index (χ4v) is 2.86. The third-order valence-electron chi connectivity index (χ3n) is 3.28. The minimum Gasteiger partial charge on any atom is -0.377 e. The van der Waals surface area contributed by atoms with Gasteiger partial charge in [-0.2, -0.15) is 0 Å². The average molecular weight is 392 g/mol. The summed E-state index contributed by atoms with van der Waals surface area (Å²) in [7, 11) is 0. The molecule has 0 aliphatic carbocycles. The van der Waals surface area contributed by atoms with Crippen molar-refractivity contribution in [2.75, 3.05) is 6.61 Å². The molecule has 0 aromatic heterocycles. The van der Waals surface area contributed by atoms with Crippen LogP contribution in [0.15, 0.2) is 21.1 Å². The zero-order valence-corrected chi connectivity index (χ0v) is 15.1. The zero-order valence-electron chi connectivity index (χ0n) is 12.0. The summed E-state index contributed by atoms with van der Waals surface area (Å²) >= 11 is 7.05. The van der Waals surface area contributed by atoms with Crippen molar-refractivity contribution in [1.29, 1.82) is 0 Å². The first-order valence-electron chi connectivity index (χ1n) is 7.17. The van der Waals surface area contributed by atoms with E-state index in [1.165, 1.54) is 49.7 Å². The molecular weight excluding hydrogens is 368 g/mol. The zero-order chi connectivity index (χ0) is 14.1. The Bertz CT molecular complexity index is 377. The van der Waals surface area contributed by atoms with Crippen molar-refractivity contribution in [1.82, 2.24) is 0 Å². The number of rotatable bonds is 9. The van der Waals surface area contributed by atoms with Crippen LogP contribution in [0.4, 0.5) is 0 Å². The molecule has 0 heterocycles. The monoisotopic (exact) mass is 390 g/mol. The van der Waals surface area contributed by atoms with Crippen LogP contribution in [0.3, 0.4) is 0 Å². The van der Waals surface area contributed by atoms with Gasteiger partial charge >= 0.3 is 0 Å². The number of unbranched alkanes of at least 4 members (excludes halogenated alkanes) is 5. The summed E-state index contributed by atoms with van der Waals surface area (Å²) in [5.74, 6) is 0. The SMILES string of the molecule is CCCCCCCCOCc1cc(Br)c(Br)cc1C. The molecule has 0 atom stereocenters. The molecule has 0 saturated carbocycles. The molecule has 3 heteroatoms. The molecule has 1 nitrogen and oxygen atoms in total. The second-order valence-corrected chi connectivity index (χ2v) is 6.72. The van der Waals surface area contributed by atoms with Crippen molar-refractivity contribution < 1.29 is 4.74 Å². The van der Waals surface area contributed by atoms with E-state index in [1.807, 2.05) is 0 Å². The standard InChI is InChI=1S/C16H24Br2O/c1-3-4-5-6-7-8-9-19-12-14-11-16(18)15(17)10-13(14)2/h10-11H,3-9,12H2,1-2H3. The highest BCUT2D eigenvalue weighted by atomic mass is 79.9. The Morgan fingerprint density at radius 1 is 0.947 bits per heavy atom. The van der Waals surface area contributed by atoms with E-state index in [-0.39, 0.29) is 0 Å². The highest BCUT2D eigenvalue weighted by Gasteiger charge is 2.03. The number of ether oxygens (including phenoxy) is 1. The van der Waals surface area contributed by atoms with Gasteiger partial charge in [-0.15, -0.1) is 0 Å². The van der Waals surface area contributed by atoms with Crippen LogP contribution in [0.5, 0.6) is 0 Å². The van der Waals surface area contributed by atoms with Gasteiger partial charge in [-0.05, 0) is 68.5 Å². The third-order valence-corrected chi connectivity index (χ3v) is 5.12. The molecule has 0 N–H and O–H groups in total. The van der Waals surface area contributed by atoms with E-state index in [4.69, 9.17) is 4.74 Å². The van der Waals surface area contributed by atoms with Crippen LogP contribution in [-0.4, -0.2) is 6.61 Å². The maximum absolute atomic E-state index is 5.77. The van der Waals surface area contributed by atoms with Gasteiger partial charge in [-0.25, -0.2) is 0 Å². The number of aryl methyl sites for hydroxylation is 1. The molecule has 1 aromatic carbocycles. The van der Waals surface area contributed by atoms with Gasteiger partial charge in [0.15, 0.2) is 0 Å². The van der Waals surface area contributed by atoms with E-state index < -0.39 is 0 Å². The van der Waals surface area contributed by atoms with E-state index in [0.29, 0.717) is 6.61 Å². The number of halogens is 2. The van der Waals surface area contributed by atoms with Crippen molar-refractivity contribution >= 4 is 31.9 Å². The van der Waals surface area contributed by atoms with Gasteiger partial charge in [0.05, 0.1) is 6.61 Å². The van der Waals surface area contributed by atoms with E-state index in [9.17, 15) is 0 Å². The normalized spacial score (nSPS) is 10.9. The lowest BCUT2D eigenvalue weighted by Crippen LogP contribution is -1.98. The molecule has 0 unspecified atom stereocenters. The fourth-order valence-electron chi connectivity index (χ4n) is 2.01. The van der Waals surface area contributed by atoms with Gasteiger partial charge in [-0.3, -0.25) is 0 Å². The van der Waals surface area contributed by atoms with Gasteiger partial charge < -0.3 is 4.74 Å². The summed E-state index contributed by atoms with van der Waals surface area (Å²) in [4.78, 5) is 0. The Labute approximate surface area is 134 Å². The van der Waals surface area contributed by atoms with Gasteiger partial charge in [0.2, 0.25) is 0 Å². The number of benzene rings is 1. The van der Waals surface area contributed by atoms with E-state index in [2.05, 4.69) is 57.8 Å². The molecule has 0 aliphatic heterocycles. The van der Waals surface area contributed by atoms with Crippen LogP contribution in [0, 0.1) is 6.92 Å². The molecule has 0 saturated heterocycles. The molecule has 0 fully saturated rings. The Kier molecular flexibility index (Phi) is 9.01. The lowest BCUT2D eigenvalue weighted by molar-refractivity contribution is 0.116. The topological polar surface area (TPSA) is 9.23 Å². The predicted molar refractivity (Wildman–Crippen MR) is 89.6 cm³/mol. The largest absolute Gasteiger partial charge is 0.377 e. The third kappa shape index (κ3) is 6.92. The second kappa shape index (κ2) is 9.95. The molecule has 0 amide bonds. The molecule has 0 bridgehead atoms. The summed E-state index contributed by atoms with van der Waals surface area (Å²) in [6.45, 7) is 5.97. The summed E-state index contributed by atoms with van der Waals surface area (Å²) in [6, 6.07) is 4.27. The minimum absolute atomic E-state index is 0.715. The molecule has 1 rings (SSSR count). The van der Waals surface area contributed by atoms with E-state index >= 15 is 0 Å². The van der Waals surface area contributed by atoms with Crippen molar-refractivity contribution in [3.05, 3.63) is 32.2 Å². The van der Waals surface area contributed by atoms with Crippen LogP contribution < -0.4 is 0 Å². The highest BCUT2D eigenvalue weighted by Crippen LogP contribution is 2.26. The Hall–Kier alpha value is 0.140. The number of hydrogen-bond donors (Lipinski definition) is 0. The fraction of sp³-hybridized carbons (Fsp3) is 0.625. The summed E-state index contributed by atoms with van der Waals surface area (Å²) in [6.07, 6.45) is 7.87. The quantitative estimate of drug-likeness (QED) is 0.442. The molecule has 1 aromatic rings. The van der Waals surface area contributed by atoms with Gasteiger partial charge in [-0.1, -0.05) is 39.0 Å². The van der Waals surface area contributed by atoms with Crippen LogP contribution in [0.2, 0.25) is 0 Å². The van der Waals surface area contributed by atoms with Gasteiger partial charge in [0.1, 0.15) is 0 Å². The highest BCUT2D eigenvalue weighted by molar-refractivity contribution is 9.13. The molecule has 0 spiro atoms. The lowest BCUT2D eigenvalue weighted by atomic mass is 10.1. The summed E-state index contributed by atoms with van der Waals surface area (Å²) < 4.78 is 7.96. The molecule has 19 heavy (non-hydrogen) atoms. The molecular formula is C16H24Br2O. The van der Waals surface area contributed by atoms with Crippen LogP contribution in [0.25, 0.3) is 0 Å². The Morgan fingerprint density at radius 2 is 1.58 bits per heavy atom. The van der Waals surface area contributed by atoms with Gasteiger partial charge in [0, 0.05) is 15.6 Å². The molecule has 0 radical (unpaired) electrons. The Balaban J connectivity index is 2.17. The maximum Gasteiger partial charge on any atom is 0.0719 e. The van der Waals surface area contributed by atoms with Crippen LogP contribution in [-0.2, 0) is 11.3 Å². The van der Waals surface area contributed by atoms with Gasteiger partial charge in [0.25, 0.3) is 0 Å². The van der Waals surface area contributed by atoms with Crippen molar-refractivity contribution in [2.24, 2.45) is 0 Å². The molecule has 0 aliphatic rings. The van der Waals surface area contributed by atoms with Crippen LogP contribution in [0.1, 0.15) is 56.6 Å². The summed E-state index contributed by atoms with van der Waals surface area (Å²) in [5.41, 5.74) is 2.54. The first-order chi connectivity index (χ1) is 9.15. The van der Waals surface area contributed by atoms with Crippen LogP contribution >= 0.6 is 31.9 Å². The summed E-state index contributed by atoms with van der Waals surface area (Å²) in [5, 5.41) is 0. The van der Waals surface area contributed by atoms with E-state index in [1.54, 1.807) is 0 Å².